The van der Waals surface area contributed by atoms with Crippen LogP contribution in [-0.4, -0.2) is 55.4 Å². The van der Waals surface area contributed by atoms with Gasteiger partial charge in [-0.15, -0.1) is 0 Å². The average molecular weight is 804 g/mol. The summed E-state index contributed by atoms with van der Waals surface area (Å²) < 4.78 is 29.7. The molecule has 3 heterocycles. The number of halogens is 2. The number of rotatable bonds is 10. The molecule has 4 atom stereocenters. The summed E-state index contributed by atoms with van der Waals surface area (Å²) in [6.45, 7) is 5.27. The smallest absolute Gasteiger partial charge is 0.266 e. The third kappa shape index (κ3) is 6.92. The van der Waals surface area contributed by atoms with Gasteiger partial charge in [-0.3, -0.25) is 19.3 Å². The summed E-state index contributed by atoms with van der Waals surface area (Å²) in [6.07, 6.45) is -1.07. The lowest BCUT2D eigenvalue weighted by molar-refractivity contribution is -0.150. The standard InChI is InChI=1S/C45H43ClFN3O6Si/c1-29-42(57(2,3)47)40(26-41(52)48(22-23-51)27-30-12-5-4-6-13-30)56-45(29)35-25-32(46)20-21-36(35)49(44(45)54)28-31-14-11-15-33(24-31)50-37-17-8-10-19-39(37)55-38-18-9-7-16-34(38)43(50)53/h4-21,24-25,29,40,42,51H,22-23,26-28H2,1-3H3/t29-,40+,42-,45+/m0/s1. The summed E-state index contributed by atoms with van der Waals surface area (Å²) in [5.41, 5.74) is 1.99. The number of benzene rings is 5. The first kappa shape index (κ1) is 38.5. The van der Waals surface area contributed by atoms with Gasteiger partial charge in [0.05, 0.1) is 42.6 Å². The van der Waals surface area contributed by atoms with Gasteiger partial charge >= 0.3 is 0 Å². The number of nitrogens with zero attached hydrogens (tertiary/aromatic N) is 3. The van der Waals surface area contributed by atoms with Gasteiger partial charge in [-0.1, -0.05) is 85.3 Å². The Hall–Kier alpha value is -5.33. The molecule has 8 rings (SSSR count). The number of carbonyl (C=O) groups is 3. The van der Waals surface area contributed by atoms with Crippen LogP contribution >= 0.6 is 11.6 Å². The van der Waals surface area contributed by atoms with Crippen LogP contribution in [0.25, 0.3) is 0 Å². The lowest BCUT2D eigenvalue weighted by Crippen LogP contribution is -2.45. The Labute approximate surface area is 337 Å². The predicted octanol–water partition coefficient (Wildman–Crippen LogP) is 9.16. The van der Waals surface area contributed by atoms with E-state index in [-0.39, 0.29) is 50.4 Å². The zero-order valence-electron chi connectivity index (χ0n) is 31.9. The average Bonchev–Trinajstić information content (AvgIpc) is 3.56. The molecule has 0 bridgehead atoms. The first-order valence-corrected chi connectivity index (χ1v) is 22.4. The monoisotopic (exact) mass is 803 g/mol. The highest BCUT2D eigenvalue weighted by molar-refractivity contribution is 6.72. The molecule has 1 N–H and O–H groups in total. The van der Waals surface area contributed by atoms with Gasteiger partial charge < -0.3 is 28.5 Å². The first-order chi connectivity index (χ1) is 27.4. The fraction of sp³-hybridized carbons (Fsp3) is 0.267. The van der Waals surface area contributed by atoms with Crippen LogP contribution in [0.4, 0.5) is 21.2 Å². The third-order valence-electron chi connectivity index (χ3n) is 11.4. The quantitative estimate of drug-likeness (QED) is 0.112. The number of ether oxygens (including phenoxy) is 2. The summed E-state index contributed by atoms with van der Waals surface area (Å²) in [6, 6.07) is 36.6. The van der Waals surface area contributed by atoms with Gasteiger partial charge in [0.1, 0.15) is 5.75 Å². The van der Waals surface area contributed by atoms with Gasteiger partial charge in [0, 0.05) is 40.8 Å². The molecular weight excluding hydrogens is 761 g/mol. The van der Waals surface area contributed by atoms with Crippen molar-refractivity contribution in [3.63, 3.8) is 0 Å². The van der Waals surface area contributed by atoms with Crippen molar-refractivity contribution in [2.45, 2.75) is 56.8 Å². The maximum absolute atomic E-state index is 16.6. The largest absolute Gasteiger partial charge is 0.454 e. The summed E-state index contributed by atoms with van der Waals surface area (Å²) in [5.74, 6) is -0.590. The van der Waals surface area contributed by atoms with Crippen LogP contribution in [0.5, 0.6) is 11.5 Å². The second kappa shape index (κ2) is 15.2. The van der Waals surface area contributed by atoms with E-state index in [1.807, 2.05) is 91.9 Å². The van der Waals surface area contributed by atoms with E-state index in [1.165, 1.54) is 0 Å². The molecule has 0 aliphatic carbocycles. The lowest BCUT2D eigenvalue weighted by Gasteiger charge is -2.31. The third-order valence-corrected chi connectivity index (χ3v) is 14.1. The van der Waals surface area contributed by atoms with Gasteiger partial charge in [-0.25, -0.2) is 0 Å². The maximum Gasteiger partial charge on any atom is 0.266 e. The van der Waals surface area contributed by atoms with Crippen LogP contribution in [0.1, 0.15) is 40.4 Å². The minimum Gasteiger partial charge on any atom is -0.454 e. The molecule has 9 nitrogen and oxygen atoms in total. The number of anilines is 3. The number of carbonyl (C=O) groups excluding carboxylic acids is 3. The number of para-hydroxylation sites is 3. The molecule has 1 saturated heterocycles. The molecule has 3 amide bonds. The second-order valence-electron chi connectivity index (χ2n) is 15.4. The van der Waals surface area contributed by atoms with E-state index in [9.17, 15) is 14.7 Å². The van der Waals surface area contributed by atoms with Crippen LogP contribution in [0.15, 0.2) is 121 Å². The molecule has 0 unspecified atom stereocenters. The van der Waals surface area contributed by atoms with Crippen LogP contribution in [0, 0.1) is 5.92 Å². The SMILES string of the molecule is C[C@H]1[C@H]([Si](C)(C)F)[C@@H](CC(=O)N(CCO)Cc2ccccc2)O[C@]12C(=O)N(Cc1cccc(N3C(=O)c4ccccc4Oc4ccccc43)c1)c1ccc(Cl)cc12. The fourth-order valence-corrected chi connectivity index (χ4v) is 11.6. The Morgan fingerprint density at radius 3 is 2.33 bits per heavy atom. The Morgan fingerprint density at radius 2 is 1.58 bits per heavy atom. The molecule has 12 heteroatoms. The highest BCUT2D eigenvalue weighted by Crippen LogP contribution is 2.60. The van der Waals surface area contributed by atoms with Gasteiger partial charge in [0.2, 0.25) is 14.3 Å². The second-order valence-corrected chi connectivity index (χ2v) is 19.7. The molecule has 1 fully saturated rings. The van der Waals surface area contributed by atoms with E-state index in [0.717, 1.165) is 11.1 Å². The molecule has 5 aromatic carbocycles. The minimum absolute atomic E-state index is 0.0978. The topological polar surface area (TPSA) is 99.6 Å². The van der Waals surface area contributed by atoms with Crippen molar-refractivity contribution in [1.29, 1.82) is 0 Å². The molecule has 292 valence electrons. The number of hydrogen-bond donors (Lipinski definition) is 1. The van der Waals surface area contributed by atoms with Crippen molar-refractivity contribution in [3.05, 3.63) is 149 Å². The molecule has 3 aliphatic rings. The summed E-state index contributed by atoms with van der Waals surface area (Å²) in [4.78, 5) is 48.1. The molecular formula is C45H43ClFN3O6Si. The molecule has 0 aromatic heterocycles. The van der Waals surface area contributed by atoms with Crippen LogP contribution < -0.4 is 14.5 Å². The molecule has 5 aromatic rings. The molecule has 57 heavy (non-hydrogen) atoms. The van der Waals surface area contributed by atoms with Gasteiger partial charge in [0.25, 0.3) is 11.8 Å². The fourth-order valence-electron chi connectivity index (χ4n) is 8.94. The van der Waals surface area contributed by atoms with Crippen molar-refractivity contribution in [1.82, 2.24) is 4.90 Å². The Kier molecular flexibility index (Phi) is 10.3. The summed E-state index contributed by atoms with van der Waals surface area (Å²) in [5, 5.41) is 10.3. The number of aliphatic hydroxyl groups excluding tert-OH is 1. The Morgan fingerprint density at radius 1 is 0.877 bits per heavy atom. The Balaban J connectivity index is 1.13. The first-order valence-electron chi connectivity index (χ1n) is 19.1. The van der Waals surface area contributed by atoms with Crippen molar-refractivity contribution < 1.29 is 33.1 Å². The van der Waals surface area contributed by atoms with Gasteiger partial charge in [-0.2, -0.15) is 0 Å². The normalized spacial score (nSPS) is 21.2. The van der Waals surface area contributed by atoms with E-state index >= 15 is 8.90 Å². The molecule has 0 saturated carbocycles. The van der Waals surface area contributed by atoms with Crippen molar-refractivity contribution in [2.24, 2.45) is 5.92 Å². The van der Waals surface area contributed by atoms with Crippen molar-refractivity contribution >= 4 is 54.8 Å². The number of fused-ring (bicyclic) bond motifs is 4. The zero-order chi connectivity index (χ0) is 40.1. The van der Waals surface area contributed by atoms with Crippen molar-refractivity contribution in [3.8, 4) is 11.5 Å². The Bertz CT molecular complexity index is 2360. The van der Waals surface area contributed by atoms with Crippen molar-refractivity contribution in [2.75, 3.05) is 23.0 Å². The van der Waals surface area contributed by atoms with E-state index in [2.05, 4.69) is 0 Å². The predicted molar refractivity (Wildman–Crippen MR) is 220 cm³/mol. The van der Waals surface area contributed by atoms with E-state index in [1.54, 1.807) is 64.2 Å². The molecule has 1 spiro atoms. The van der Waals surface area contributed by atoms with E-state index in [4.69, 9.17) is 21.1 Å². The molecule has 0 radical (unpaired) electrons. The van der Waals surface area contributed by atoms with E-state index in [0.29, 0.717) is 44.7 Å². The number of aliphatic hydroxyl groups is 1. The molecule has 3 aliphatic heterocycles. The van der Waals surface area contributed by atoms with Crippen LogP contribution in [0.3, 0.4) is 0 Å². The van der Waals surface area contributed by atoms with Gasteiger partial charge in [-0.05, 0) is 78.8 Å². The number of amides is 3. The number of hydrogen-bond acceptors (Lipinski definition) is 6. The highest BCUT2D eigenvalue weighted by Gasteiger charge is 2.67. The highest BCUT2D eigenvalue weighted by atomic mass is 35.5. The summed E-state index contributed by atoms with van der Waals surface area (Å²) >= 11 is 6.62. The van der Waals surface area contributed by atoms with E-state index < -0.39 is 31.6 Å². The van der Waals surface area contributed by atoms with Crippen LogP contribution in [0.2, 0.25) is 23.7 Å². The van der Waals surface area contributed by atoms with Crippen LogP contribution in [-0.2, 0) is 33.0 Å². The minimum atomic E-state index is -3.59. The summed E-state index contributed by atoms with van der Waals surface area (Å²) in [7, 11) is -3.59. The van der Waals surface area contributed by atoms with Gasteiger partial charge in [0.15, 0.2) is 11.4 Å². The lowest BCUT2D eigenvalue weighted by atomic mass is 9.82. The zero-order valence-corrected chi connectivity index (χ0v) is 33.7. The maximum atomic E-state index is 16.6.